The molecule has 1 aromatic carbocycles. The molecule has 1 aliphatic rings. The smallest absolute Gasteiger partial charge is 0.269 e. The Balaban J connectivity index is 0.00000147. The monoisotopic (exact) mass is 290 g/mol. The third kappa shape index (κ3) is 2.60. The summed E-state index contributed by atoms with van der Waals surface area (Å²) in [5, 5.41) is 0. The van der Waals surface area contributed by atoms with Crippen molar-refractivity contribution < 1.29 is 9.53 Å². The van der Waals surface area contributed by atoms with Crippen molar-refractivity contribution in [3.8, 4) is 5.75 Å². The van der Waals surface area contributed by atoms with Gasteiger partial charge < -0.3 is 4.74 Å². The number of anilines is 1. The minimum atomic E-state index is -0.472. The van der Waals surface area contributed by atoms with Crippen molar-refractivity contribution in [1.29, 1.82) is 0 Å². The van der Waals surface area contributed by atoms with Crippen molar-refractivity contribution in [1.82, 2.24) is 4.98 Å². The van der Waals surface area contributed by atoms with Gasteiger partial charge in [-0.3, -0.25) is 9.69 Å². The first-order valence-electron chi connectivity index (χ1n) is 6.22. The van der Waals surface area contributed by atoms with Crippen LogP contribution in [0.15, 0.2) is 48.7 Å². The summed E-state index contributed by atoms with van der Waals surface area (Å²) in [4.78, 5) is 18.2. The lowest BCUT2D eigenvalue weighted by atomic mass is 10.2. The number of aromatic nitrogens is 1. The Kier molecular flexibility index (Phi) is 4.25. The molecule has 104 valence electrons. The van der Waals surface area contributed by atoms with Crippen LogP contribution in [0.4, 0.5) is 5.82 Å². The summed E-state index contributed by atoms with van der Waals surface area (Å²) >= 11 is 0. The maximum Gasteiger partial charge on any atom is 0.269 e. The molecule has 0 bridgehead atoms. The van der Waals surface area contributed by atoms with E-state index in [9.17, 15) is 4.79 Å². The second-order valence-electron chi connectivity index (χ2n) is 4.50. The number of benzene rings is 1. The van der Waals surface area contributed by atoms with Crippen LogP contribution < -0.4 is 9.64 Å². The molecule has 3 rings (SSSR count). The summed E-state index contributed by atoms with van der Waals surface area (Å²) in [7, 11) is 0. The van der Waals surface area contributed by atoms with Crippen molar-refractivity contribution in [2.45, 2.75) is 19.6 Å². The van der Waals surface area contributed by atoms with Gasteiger partial charge in [-0.25, -0.2) is 4.98 Å². The van der Waals surface area contributed by atoms with Crippen LogP contribution in [0.25, 0.3) is 0 Å². The highest BCUT2D eigenvalue weighted by atomic mass is 35.5. The molecule has 4 nitrogen and oxygen atoms in total. The lowest BCUT2D eigenvalue weighted by Gasteiger charge is -2.31. The van der Waals surface area contributed by atoms with Crippen LogP contribution in [0.1, 0.15) is 12.5 Å². The van der Waals surface area contributed by atoms with Crippen LogP contribution in [0.3, 0.4) is 0 Å². The second-order valence-corrected chi connectivity index (χ2v) is 4.50. The number of fused-ring (bicyclic) bond motifs is 1. The van der Waals surface area contributed by atoms with Gasteiger partial charge in [-0.15, -0.1) is 12.4 Å². The number of ether oxygens (including phenoxy) is 1. The molecule has 1 unspecified atom stereocenters. The number of halogens is 1. The maximum atomic E-state index is 12.3. The highest BCUT2D eigenvalue weighted by molar-refractivity contribution is 5.98. The molecule has 0 spiro atoms. The van der Waals surface area contributed by atoms with Gasteiger partial charge in [0.25, 0.3) is 5.91 Å². The number of pyridine rings is 1. The number of carbonyl (C=O) groups is 1. The van der Waals surface area contributed by atoms with Crippen LogP contribution >= 0.6 is 12.4 Å². The SMILES string of the molecule is CC1Oc2cccnc2N(Cc2ccccc2)C1=O.Cl. The van der Waals surface area contributed by atoms with E-state index in [-0.39, 0.29) is 18.3 Å². The predicted octanol–water partition coefficient (Wildman–Crippen LogP) is 2.82. The van der Waals surface area contributed by atoms with Crippen molar-refractivity contribution >= 4 is 24.1 Å². The third-order valence-corrected chi connectivity index (χ3v) is 3.11. The van der Waals surface area contributed by atoms with E-state index in [2.05, 4.69) is 4.98 Å². The molecule has 2 heterocycles. The second kappa shape index (κ2) is 5.92. The van der Waals surface area contributed by atoms with Crippen molar-refractivity contribution in [3.63, 3.8) is 0 Å². The van der Waals surface area contributed by atoms with E-state index < -0.39 is 6.10 Å². The fraction of sp³-hybridized carbons (Fsp3) is 0.200. The summed E-state index contributed by atoms with van der Waals surface area (Å²) in [6, 6.07) is 13.5. The van der Waals surface area contributed by atoms with Crippen molar-refractivity contribution in [2.75, 3.05) is 4.90 Å². The molecule has 1 aromatic heterocycles. The number of amides is 1. The minimum Gasteiger partial charge on any atom is -0.477 e. The lowest BCUT2D eigenvalue weighted by molar-refractivity contribution is -0.125. The summed E-state index contributed by atoms with van der Waals surface area (Å²) in [6.07, 6.45) is 1.20. The highest BCUT2D eigenvalue weighted by Gasteiger charge is 2.32. The molecule has 20 heavy (non-hydrogen) atoms. The van der Waals surface area contributed by atoms with Crippen LogP contribution in [0.2, 0.25) is 0 Å². The number of hydrogen-bond acceptors (Lipinski definition) is 3. The molecule has 1 amide bonds. The van der Waals surface area contributed by atoms with E-state index in [0.29, 0.717) is 18.1 Å². The molecule has 0 saturated carbocycles. The molecule has 0 fully saturated rings. The van der Waals surface area contributed by atoms with E-state index in [1.54, 1.807) is 18.0 Å². The van der Waals surface area contributed by atoms with E-state index in [4.69, 9.17) is 4.74 Å². The molecule has 2 aromatic rings. The average Bonchev–Trinajstić information content (AvgIpc) is 2.45. The zero-order valence-electron chi connectivity index (χ0n) is 11.0. The minimum absolute atomic E-state index is 0. The molecule has 0 aliphatic carbocycles. The number of carbonyl (C=O) groups excluding carboxylic acids is 1. The predicted molar refractivity (Wildman–Crippen MR) is 79.2 cm³/mol. The molecule has 0 radical (unpaired) electrons. The summed E-state index contributed by atoms with van der Waals surface area (Å²) < 4.78 is 5.56. The number of rotatable bonds is 2. The molecular weight excluding hydrogens is 276 g/mol. The summed E-state index contributed by atoms with van der Waals surface area (Å²) in [6.45, 7) is 2.27. The topological polar surface area (TPSA) is 42.4 Å². The van der Waals surface area contributed by atoms with E-state index in [1.165, 1.54) is 0 Å². The van der Waals surface area contributed by atoms with Gasteiger partial charge >= 0.3 is 0 Å². The van der Waals surface area contributed by atoms with Gasteiger partial charge in [0.2, 0.25) is 0 Å². The molecule has 0 N–H and O–H groups in total. The first kappa shape index (κ1) is 14.3. The van der Waals surface area contributed by atoms with Crippen LogP contribution in [0, 0.1) is 0 Å². The van der Waals surface area contributed by atoms with Gasteiger partial charge in [-0.1, -0.05) is 30.3 Å². The Labute approximate surface area is 123 Å². The Hall–Kier alpha value is -2.07. The third-order valence-electron chi connectivity index (χ3n) is 3.11. The lowest BCUT2D eigenvalue weighted by Crippen LogP contribution is -2.44. The molecule has 1 aliphatic heterocycles. The van der Waals surface area contributed by atoms with Gasteiger partial charge in [-0.05, 0) is 24.6 Å². The Bertz CT molecular complexity index is 604. The first-order valence-corrected chi connectivity index (χ1v) is 6.22. The van der Waals surface area contributed by atoms with E-state index in [0.717, 1.165) is 5.56 Å². The zero-order valence-corrected chi connectivity index (χ0v) is 11.8. The van der Waals surface area contributed by atoms with Crippen LogP contribution in [-0.4, -0.2) is 17.0 Å². The zero-order chi connectivity index (χ0) is 13.2. The van der Waals surface area contributed by atoms with Crippen LogP contribution in [-0.2, 0) is 11.3 Å². The van der Waals surface area contributed by atoms with Crippen LogP contribution in [0.5, 0.6) is 5.75 Å². The normalized spacial score (nSPS) is 16.9. The maximum absolute atomic E-state index is 12.3. The Morgan fingerprint density at radius 2 is 1.95 bits per heavy atom. The average molecular weight is 291 g/mol. The van der Waals surface area contributed by atoms with Gasteiger partial charge in [0.15, 0.2) is 17.7 Å². The summed E-state index contributed by atoms with van der Waals surface area (Å²) in [5.41, 5.74) is 1.07. The van der Waals surface area contributed by atoms with Crippen molar-refractivity contribution in [3.05, 3.63) is 54.2 Å². The largest absolute Gasteiger partial charge is 0.477 e. The molecule has 5 heteroatoms. The van der Waals surface area contributed by atoms with Gasteiger partial charge in [0.05, 0.1) is 6.54 Å². The van der Waals surface area contributed by atoms with E-state index >= 15 is 0 Å². The Morgan fingerprint density at radius 1 is 1.20 bits per heavy atom. The van der Waals surface area contributed by atoms with Gasteiger partial charge in [0.1, 0.15) is 0 Å². The standard InChI is InChI=1S/C15H14N2O2.ClH/c1-11-15(18)17(10-12-6-3-2-4-7-12)14-13(19-11)8-5-9-16-14;/h2-9,11H,10H2,1H3;1H. The summed E-state index contributed by atoms with van der Waals surface area (Å²) in [5.74, 6) is 1.19. The van der Waals surface area contributed by atoms with Gasteiger partial charge in [-0.2, -0.15) is 0 Å². The molecular formula is C15H15ClN2O2. The van der Waals surface area contributed by atoms with Gasteiger partial charge in [0, 0.05) is 6.20 Å². The fourth-order valence-corrected chi connectivity index (χ4v) is 2.16. The number of nitrogens with zero attached hydrogens (tertiary/aromatic N) is 2. The quantitative estimate of drug-likeness (QED) is 0.854. The Morgan fingerprint density at radius 3 is 2.70 bits per heavy atom. The van der Waals surface area contributed by atoms with E-state index in [1.807, 2.05) is 42.5 Å². The molecule has 0 saturated heterocycles. The highest BCUT2D eigenvalue weighted by Crippen LogP contribution is 2.32. The van der Waals surface area contributed by atoms with Crippen molar-refractivity contribution in [2.24, 2.45) is 0 Å². The first-order chi connectivity index (χ1) is 9.25. The number of hydrogen-bond donors (Lipinski definition) is 0. The fourth-order valence-electron chi connectivity index (χ4n) is 2.16. The molecule has 1 atom stereocenters.